The van der Waals surface area contributed by atoms with Gasteiger partial charge in [0.15, 0.2) is 0 Å². The molecule has 0 aromatic heterocycles. The summed E-state index contributed by atoms with van der Waals surface area (Å²) in [7, 11) is 3.11. The monoisotopic (exact) mass is 404 g/mol. The van der Waals surface area contributed by atoms with Crippen LogP contribution in [-0.2, 0) is 11.2 Å². The Bertz CT molecular complexity index is 1060. The summed E-state index contributed by atoms with van der Waals surface area (Å²) in [6.07, 6.45) is 0.0776. The van der Waals surface area contributed by atoms with E-state index in [9.17, 15) is 9.59 Å². The second-order valence-corrected chi connectivity index (χ2v) is 6.77. The Kier molecular flexibility index (Phi) is 6.70. The fourth-order valence-corrected chi connectivity index (χ4v) is 3.10. The minimum Gasteiger partial charge on any atom is -0.497 e. The van der Waals surface area contributed by atoms with E-state index in [1.54, 1.807) is 56.7 Å². The molecule has 3 aromatic rings. The van der Waals surface area contributed by atoms with Gasteiger partial charge in [-0.1, -0.05) is 24.3 Å². The molecule has 0 unspecified atom stereocenters. The van der Waals surface area contributed by atoms with Crippen LogP contribution in [0.4, 0.5) is 11.4 Å². The quantitative estimate of drug-likeness (QED) is 0.610. The van der Waals surface area contributed by atoms with Gasteiger partial charge in [-0.2, -0.15) is 0 Å². The molecule has 30 heavy (non-hydrogen) atoms. The molecule has 0 heterocycles. The summed E-state index contributed by atoms with van der Waals surface area (Å²) in [6.45, 7) is 1.96. The molecule has 6 nitrogen and oxygen atoms in total. The lowest BCUT2D eigenvalue weighted by atomic mass is 10.1. The molecule has 0 radical (unpaired) electrons. The number of carbonyl (C=O) groups is 2. The number of hydrogen-bond donors (Lipinski definition) is 2. The van der Waals surface area contributed by atoms with Crippen LogP contribution in [0.2, 0.25) is 0 Å². The highest BCUT2D eigenvalue weighted by molar-refractivity contribution is 6.10. The molecule has 6 heteroatoms. The van der Waals surface area contributed by atoms with E-state index in [4.69, 9.17) is 9.47 Å². The van der Waals surface area contributed by atoms with Crippen molar-refractivity contribution in [3.63, 3.8) is 0 Å². The van der Waals surface area contributed by atoms with Gasteiger partial charge in [0, 0.05) is 11.3 Å². The Morgan fingerprint density at radius 2 is 1.67 bits per heavy atom. The number of benzene rings is 3. The van der Waals surface area contributed by atoms with Gasteiger partial charge < -0.3 is 20.1 Å². The van der Waals surface area contributed by atoms with Crippen LogP contribution in [0.3, 0.4) is 0 Å². The molecule has 0 fully saturated rings. The smallest absolute Gasteiger partial charge is 0.257 e. The third-order valence-electron chi connectivity index (χ3n) is 4.56. The first kappa shape index (κ1) is 20.9. The van der Waals surface area contributed by atoms with Crippen molar-refractivity contribution in [2.75, 3.05) is 24.9 Å². The summed E-state index contributed by atoms with van der Waals surface area (Å²) < 4.78 is 10.6. The first-order chi connectivity index (χ1) is 14.5. The number of anilines is 2. The van der Waals surface area contributed by atoms with Crippen molar-refractivity contribution in [1.82, 2.24) is 0 Å². The van der Waals surface area contributed by atoms with Crippen molar-refractivity contribution < 1.29 is 19.1 Å². The maximum atomic E-state index is 12.8. The maximum Gasteiger partial charge on any atom is 0.257 e. The minimum absolute atomic E-state index is 0.0776. The van der Waals surface area contributed by atoms with Crippen molar-refractivity contribution in [1.29, 1.82) is 0 Å². The highest BCUT2D eigenvalue weighted by Gasteiger charge is 2.15. The van der Waals surface area contributed by atoms with E-state index >= 15 is 0 Å². The van der Waals surface area contributed by atoms with E-state index in [0.29, 0.717) is 34.0 Å². The minimum atomic E-state index is -0.296. The van der Waals surface area contributed by atoms with E-state index in [0.717, 1.165) is 5.56 Å². The lowest BCUT2D eigenvalue weighted by molar-refractivity contribution is -0.115. The molecule has 0 saturated carbocycles. The number of aryl methyl sites for hydroxylation is 1. The van der Waals surface area contributed by atoms with E-state index in [-0.39, 0.29) is 18.2 Å². The topological polar surface area (TPSA) is 76.7 Å². The van der Waals surface area contributed by atoms with Crippen LogP contribution in [0.5, 0.6) is 11.5 Å². The van der Waals surface area contributed by atoms with E-state index < -0.39 is 0 Å². The number of methoxy groups -OCH3 is 2. The normalized spacial score (nSPS) is 10.2. The fourth-order valence-electron chi connectivity index (χ4n) is 3.10. The Morgan fingerprint density at radius 3 is 2.40 bits per heavy atom. The van der Waals surface area contributed by atoms with E-state index in [1.807, 2.05) is 31.2 Å². The van der Waals surface area contributed by atoms with Gasteiger partial charge in [-0.25, -0.2) is 0 Å². The Hall–Kier alpha value is -3.80. The van der Waals surface area contributed by atoms with Gasteiger partial charge in [-0.15, -0.1) is 0 Å². The van der Waals surface area contributed by atoms with Crippen molar-refractivity contribution in [2.24, 2.45) is 0 Å². The molecule has 3 rings (SSSR count). The first-order valence-electron chi connectivity index (χ1n) is 9.48. The summed E-state index contributed by atoms with van der Waals surface area (Å²) in [5.74, 6) is 0.667. The predicted octanol–water partition coefficient (Wildman–Crippen LogP) is 4.45. The molecule has 2 amide bonds. The van der Waals surface area contributed by atoms with Crippen LogP contribution < -0.4 is 20.1 Å². The van der Waals surface area contributed by atoms with Crippen LogP contribution in [-0.4, -0.2) is 26.0 Å². The number of para-hydroxylation sites is 1. The van der Waals surface area contributed by atoms with Gasteiger partial charge in [-0.05, 0) is 55.0 Å². The van der Waals surface area contributed by atoms with Crippen molar-refractivity contribution in [2.45, 2.75) is 13.3 Å². The Labute approximate surface area is 175 Å². The molecule has 0 bridgehead atoms. The molecule has 154 valence electrons. The number of hydrogen-bond acceptors (Lipinski definition) is 4. The number of amides is 2. The van der Waals surface area contributed by atoms with Crippen LogP contribution in [0.1, 0.15) is 21.5 Å². The standard InChI is InChI=1S/C24H24N2O4/c1-16-7-6-8-18(13-16)25-24(28)20-9-4-5-10-21(20)26-23(27)15-17-14-19(29-2)11-12-22(17)30-3/h4-14H,15H2,1-3H3,(H,25,28)(H,26,27). The SMILES string of the molecule is COc1ccc(OC)c(CC(=O)Nc2ccccc2C(=O)Nc2cccc(C)c2)c1. The molecule has 2 N–H and O–H groups in total. The molecule has 0 aliphatic carbocycles. The van der Waals surface area contributed by atoms with Crippen LogP contribution >= 0.6 is 0 Å². The number of ether oxygens (including phenoxy) is 2. The maximum absolute atomic E-state index is 12.8. The number of nitrogens with one attached hydrogen (secondary N) is 2. The van der Waals surface area contributed by atoms with Gasteiger partial charge in [0.2, 0.25) is 5.91 Å². The van der Waals surface area contributed by atoms with Gasteiger partial charge in [0.05, 0.1) is 31.9 Å². The van der Waals surface area contributed by atoms with Gasteiger partial charge >= 0.3 is 0 Å². The van der Waals surface area contributed by atoms with Gasteiger partial charge in [0.25, 0.3) is 5.91 Å². The molecular formula is C24H24N2O4. The molecule has 0 spiro atoms. The lowest BCUT2D eigenvalue weighted by Gasteiger charge is -2.13. The van der Waals surface area contributed by atoms with Crippen LogP contribution in [0, 0.1) is 6.92 Å². The zero-order valence-electron chi connectivity index (χ0n) is 17.2. The Balaban J connectivity index is 1.76. The second kappa shape index (κ2) is 9.60. The van der Waals surface area contributed by atoms with Gasteiger partial charge in [0.1, 0.15) is 11.5 Å². The third kappa shape index (κ3) is 5.17. The van der Waals surface area contributed by atoms with Crippen molar-refractivity contribution >= 4 is 23.2 Å². The Morgan fingerprint density at radius 1 is 0.867 bits per heavy atom. The second-order valence-electron chi connectivity index (χ2n) is 6.77. The third-order valence-corrected chi connectivity index (χ3v) is 4.56. The fraction of sp³-hybridized carbons (Fsp3) is 0.167. The zero-order valence-corrected chi connectivity index (χ0v) is 17.2. The average molecular weight is 404 g/mol. The summed E-state index contributed by atoms with van der Waals surface area (Å²) in [4.78, 5) is 25.5. The zero-order chi connectivity index (χ0) is 21.5. The van der Waals surface area contributed by atoms with Crippen molar-refractivity contribution in [3.05, 3.63) is 83.4 Å². The molecule has 0 aliphatic rings. The summed E-state index contributed by atoms with van der Waals surface area (Å²) in [6, 6.07) is 19.7. The summed E-state index contributed by atoms with van der Waals surface area (Å²) in [5, 5.41) is 5.70. The predicted molar refractivity (Wildman–Crippen MR) is 117 cm³/mol. The van der Waals surface area contributed by atoms with Gasteiger partial charge in [-0.3, -0.25) is 9.59 Å². The first-order valence-corrected chi connectivity index (χ1v) is 9.48. The number of rotatable bonds is 7. The summed E-state index contributed by atoms with van der Waals surface area (Å²) in [5.41, 5.74) is 3.25. The van der Waals surface area contributed by atoms with E-state index in [2.05, 4.69) is 10.6 Å². The lowest BCUT2D eigenvalue weighted by Crippen LogP contribution is -2.19. The molecule has 0 atom stereocenters. The van der Waals surface area contributed by atoms with Crippen molar-refractivity contribution in [3.8, 4) is 11.5 Å². The largest absolute Gasteiger partial charge is 0.497 e. The van der Waals surface area contributed by atoms with Crippen LogP contribution in [0.25, 0.3) is 0 Å². The molecule has 0 aliphatic heterocycles. The highest BCUT2D eigenvalue weighted by atomic mass is 16.5. The summed E-state index contributed by atoms with van der Waals surface area (Å²) >= 11 is 0. The highest BCUT2D eigenvalue weighted by Crippen LogP contribution is 2.25. The molecule has 0 saturated heterocycles. The van der Waals surface area contributed by atoms with Crippen LogP contribution in [0.15, 0.2) is 66.7 Å². The number of carbonyl (C=O) groups excluding carboxylic acids is 2. The molecular weight excluding hydrogens is 380 g/mol. The molecule has 3 aromatic carbocycles. The van der Waals surface area contributed by atoms with E-state index in [1.165, 1.54) is 0 Å². The average Bonchev–Trinajstić information content (AvgIpc) is 2.74.